The highest BCUT2D eigenvalue weighted by molar-refractivity contribution is 5.37. The molecule has 1 unspecified atom stereocenters. The first-order chi connectivity index (χ1) is 13.0. The van der Waals surface area contributed by atoms with Crippen LogP contribution < -0.4 is 5.32 Å². The molecule has 1 N–H and O–H groups in total. The maximum atomic E-state index is 4.50. The lowest BCUT2D eigenvalue weighted by Gasteiger charge is -2.33. The monoisotopic (exact) mass is 371 g/mol. The second-order valence-corrected chi connectivity index (χ2v) is 8.37. The smallest absolute Gasteiger partial charge is 0.135 e. The normalized spacial score (nSPS) is 18.5. The predicted octanol–water partition coefficient (Wildman–Crippen LogP) is 4.23. The fraction of sp³-hybridized carbons (Fsp3) is 0.682. The molecule has 3 rings (SSSR count). The third-order valence-corrected chi connectivity index (χ3v) is 5.96. The molecule has 150 valence electrons. The summed E-state index contributed by atoms with van der Waals surface area (Å²) in [4.78, 5) is 2.66. The molecule has 0 aromatic carbocycles. The molecule has 3 heterocycles. The van der Waals surface area contributed by atoms with Crippen molar-refractivity contribution < 1.29 is 0 Å². The van der Waals surface area contributed by atoms with Crippen molar-refractivity contribution in [2.24, 2.45) is 0 Å². The second kappa shape index (κ2) is 9.07. The molecular weight excluding hydrogens is 334 g/mol. The Kier molecular flexibility index (Phi) is 6.77. The lowest BCUT2D eigenvalue weighted by molar-refractivity contribution is 0.159. The summed E-state index contributed by atoms with van der Waals surface area (Å²) in [6, 6.07) is 5.54. The lowest BCUT2D eigenvalue weighted by atomic mass is 10.0. The predicted molar refractivity (Wildman–Crippen MR) is 113 cm³/mol. The van der Waals surface area contributed by atoms with Crippen molar-refractivity contribution in [3.05, 3.63) is 35.3 Å². The molecular formula is C22H37N5. The highest BCUT2D eigenvalue weighted by atomic mass is 15.3. The van der Waals surface area contributed by atoms with Crippen LogP contribution in [0.1, 0.15) is 69.4 Å². The van der Waals surface area contributed by atoms with Crippen LogP contribution in [0.4, 0.5) is 0 Å². The Morgan fingerprint density at radius 1 is 1.26 bits per heavy atom. The van der Waals surface area contributed by atoms with Gasteiger partial charge < -0.3 is 14.8 Å². The lowest BCUT2D eigenvalue weighted by Crippen LogP contribution is -2.38. The Labute approximate surface area is 164 Å². The Bertz CT molecular complexity index is 727. The highest BCUT2D eigenvalue weighted by Gasteiger charge is 2.17. The van der Waals surface area contributed by atoms with Crippen molar-refractivity contribution in [2.45, 2.75) is 78.9 Å². The zero-order valence-electron chi connectivity index (χ0n) is 17.8. The van der Waals surface area contributed by atoms with Gasteiger partial charge in [0.05, 0.1) is 6.20 Å². The van der Waals surface area contributed by atoms with E-state index in [0.29, 0.717) is 6.04 Å². The van der Waals surface area contributed by atoms with E-state index >= 15 is 0 Å². The van der Waals surface area contributed by atoms with Crippen LogP contribution in [0.25, 0.3) is 5.82 Å². The largest absolute Gasteiger partial charge is 0.313 e. The fourth-order valence-electron chi connectivity index (χ4n) is 4.36. The molecule has 0 radical (unpaired) electrons. The number of hydrogen-bond donors (Lipinski definition) is 1. The first-order valence-corrected chi connectivity index (χ1v) is 10.7. The van der Waals surface area contributed by atoms with Crippen LogP contribution in [0, 0.1) is 13.8 Å². The Morgan fingerprint density at radius 2 is 2.07 bits per heavy atom. The summed E-state index contributed by atoms with van der Waals surface area (Å²) < 4.78 is 4.43. The van der Waals surface area contributed by atoms with Crippen LogP contribution in [0.3, 0.4) is 0 Å². The molecule has 1 atom stereocenters. The maximum absolute atomic E-state index is 4.50. The summed E-state index contributed by atoms with van der Waals surface area (Å²) in [6.07, 6.45) is 7.27. The van der Waals surface area contributed by atoms with Crippen molar-refractivity contribution >= 4 is 0 Å². The number of piperidine rings is 1. The van der Waals surface area contributed by atoms with E-state index in [1.807, 2.05) is 6.20 Å². The van der Waals surface area contributed by atoms with Crippen LogP contribution in [0.5, 0.6) is 0 Å². The van der Waals surface area contributed by atoms with E-state index in [1.165, 1.54) is 55.7 Å². The molecule has 1 saturated heterocycles. The molecule has 0 aliphatic carbocycles. The van der Waals surface area contributed by atoms with Gasteiger partial charge in [-0.25, -0.2) is 4.68 Å². The summed E-state index contributed by atoms with van der Waals surface area (Å²) in [7, 11) is 0. The Hall–Kier alpha value is -1.59. The molecule has 2 aromatic rings. The topological polar surface area (TPSA) is 38.0 Å². The van der Waals surface area contributed by atoms with E-state index in [-0.39, 0.29) is 0 Å². The van der Waals surface area contributed by atoms with Crippen molar-refractivity contribution in [3.63, 3.8) is 0 Å². The van der Waals surface area contributed by atoms with E-state index in [1.54, 1.807) is 0 Å². The van der Waals surface area contributed by atoms with Crippen molar-refractivity contribution in [1.82, 2.24) is 24.6 Å². The van der Waals surface area contributed by atoms with Crippen molar-refractivity contribution in [2.75, 3.05) is 19.6 Å². The number of rotatable bonds is 8. The number of hydrogen-bond acceptors (Lipinski definition) is 3. The summed E-state index contributed by atoms with van der Waals surface area (Å²) >= 11 is 0. The Balaban J connectivity index is 1.55. The molecule has 0 saturated carbocycles. The van der Waals surface area contributed by atoms with Crippen LogP contribution in [-0.4, -0.2) is 44.9 Å². The molecule has 0 bridgehead atoms. The van der Waals surface area contributed by atoms with Gasteiger partial charge in [-0.15, -0.1) is 0 Å². The van der Waals surface area contributed by atoms with Gasteiger partial charge in [0, 0.05) is 36.1 Å². The SMILES string of the molecule is Cc1cc(CNCCCN2CCCCC2C)c(C)n1-c1ccnn1C(C)C. The zero-order chi connectivity index (χ0) is 19.4. The second-order valence-electron chi connectivity index (χ2n) is 8.37. The van der Waals surface area contributed by atoms with Gasteiger partial charge in [0.15, 0.2) is 0 Å². The Morgan fingerprint density at radius 3 is 2.81 bits per heavy atom. The van der Waals surface area contributed by atoms with Gasteiger partial charge in [-0.2, -0.15) is 5.10 Å². The number of likely N-dealkylation sites (tertiary alicyclic amines) is 1. The molecule has 27 heavy (non-hydrogen) atoms. The van der Waals surface area contributed by atoms with Gasteiger partial charge in [-0.05, 0) is 85.1 Å². The van der Waals surface area contributed by atoms with Gasteiger partial charge in [0.25, 0.3) is 0 Å². The maximum Gasteiger partial charge on any atom is 0.135 e. The third kappa shape index (κ3) is 4.64. The van der Waals surface area contributed by atoms with Gasteiger partial charge in [-0.1, -0.05) is 6.42 Å². The molecule has 1 aliphatic rings. The van der Waals surface area contributed by atoms with Gasteiger partial charge >= 0.3 is 0 Å². The average molecular weight is 372 g/mol. The minimum absolute atomic E-state index is 0.356. The molecule has 0 spiro atoms. The minimum atomic E-state index is 0.356. The molecule has 2 aromatic heterocycles. The fourth-order valence-corrected chi connectivity index (χ4v) is 4.36. The summed E-state index contributed by atoms with van der Waals surface area (Å²) in [5, 5.41) is 8.15. The number of nitrogens with zero attached hydrogens (tertiary/aromatic N) is 4. The van der Waals surface area contributed by atoms with E-state index in [4.69, 9.17) is 0 Å². The average Bonchev–Trinajstić information content (AvgIpc) is 3.21. The standard InChI is InChI=1S/C22H37N5/c1-17(2)27-22(10-12-24-27)26-19(4)15-21(20(26)5)16-23-11-8-14-25-13-7-6-9-18(25)3/h10,12,15,17-18,23H,6-9,11,13-14,16H2,1-5H3. The molecule has 1 aliphatic heterocycles. The van der Waals surface area contributed by atoms with E-state index in [0.717, 1.165) is 24.9 Å². The molecule has 5 heteroatoms. The first-order valence-electron chi connectivity index (χ1n) is 10.7. The van der Waals surface area contributed by atoms with Crippen LogP contribution in [0.2, 0.25) is 0 Å². The summed E-state index contributed by atoms with van der Waals surface area (Å²) in [6.45, 7) is 15.7. The molecule has 5 nitrogen and oxygen atoms in total. The van der Waals surface area contributed by atoms with E-state index < -0.39 is 0 Å². The summed E-state index contributed by atoms with van der Waals surface area (Å²) in [5.74, 6) is 1.16. The van der Waals surface area contributed by atoms with E-state index in [2.05, 4.69) is 71.3 Å². The number of aryl methyl sites for hydroxylation is 1. The highest BCUT2D eigenvalue weighted by Crippen LogP contribution is 2.22. The third-order valence-electron chi connectivity index (χ3n) is 5.96. The van der Waals surface area contributed by atoms with Gasteiger partial charge in [0.1, 0.15) is 5.82 Å². The van der Waals surface area contributed by atoms with Crippen LogP contribution in [-0.2, 0) is 6.54 Å². The minimum Gasteiger partial charge on any atom is -0.313 e. The van der Waals surface area contributed by atoms with Crippen LogP contribution in [0.15, 0.2) is 18.3 Å². The first kappa shape index (κ1) is 20.2. The zero-order valence-corrected chi connectivity index (χ0v) is 17.8. The van der Waals surface area contributed by atoms with Crippen LogP contribution >= 0.6 is 0 Å². The quantitative estimate of drug-likeness (QED) is 0.706. The van der Waals surface area contributed by atoms with Crippen molar-refractivity contribution in [1.29, 1.82) is 0 Å². The van der Waals surface area contributed by atoms with Gasteiger partial charge in [0.2, 0.25) is 0 Å². The summed E-state index contributed by atoms with van der Waals surface area (Å²) in [5.41, 5.74) is 3.97. The van der Waals surface area contributed by atoms with Gasteiger partial charge in [-0.3, -0.25) is 0 Å². The van der Waals surface area contributed by atoms with Crippen molar-refractivity contribution in [3.8, 4) is 5.82 Å². The number of aromatic nitrogens is 3. The number of nitrogens with one attached hydrogen (secondary N) is 1. The molecule has 1 fully saturated rings. The van der Waals surface area contributed by atoms with E-state index in [9.17, 15) is 0 Å². The molecule has 0 amide bonds.